The normalized spacial score (nSPS) is 30.8. The first-order valence-corrected chi connectivity index (χ1v) is 4.30. The van der Waals surface area contributed by atoms with Gasteiger partial charge in [0.15, 0.2) is 5.79 Å². The van der Waals surface area contributed by atoms with Gasteiger partial charge in [0.1, 0.15) is 5.92 Å². The second-order valence-electron chi connectivity index (χ2n) is 3.34. The molecule has 0 spiro atoms. The molecule has 0 N–H and O–H groups in total. The predicted molar refractivity (Wildman–Crippen MR) is 46.0 cm³/mol. The van der Waals surface area contributed by atoms with Crippen LogP contribution in [0.25, 0.3) is 0 Å². The number of rotatable bonds is 3. The topological polar surface area (TPSA) is 44.8 Å². The SMILES string of the molecule is COC(=O)[C@@H]1C[C@H](C)C1(OC)OC. The summed E-state index contributed by atoms with van der Waals surface area (Å²) in [5.41, 5.74) is 0. The summed E-state index contributed by atoms with van der Waals surface area (Å²) in [7, 11) is 4.48. The Kier molecular flexibility index (Phi) is 2.93. The van der Waals surface area contributed by atoms with E-state index in [0.29, 0.717) is 0 Å². The zero-order valence-corrected chi connectivity index (χ0v) is 8.49. The quantitative estimate of drug-likeness (QED) is 0.485. The van der Waals surface area contributed by atoms with Gasteiger partial charge in [-0.3, -0.25) is 4.79 Å². The van der Waals surface area contributed by atoms with Gasteiger partial charge in [-0.25, -0.2) is 0 Å². The smallest absolute Gasteiger partial charge is 0.314 e. The van der Waals surface area contributed by atoms with E-state index in [1.165, 1.54) is 7.11 Å². The minimum absolute atomic E-state index is 0.228. The Morgan fingerprint density at radius 3 is 2.15 bits per heavy atom. The molecule has 0 bridgehead atoms. The zero-order chi connectivity index (χ0) is 10.1. The van der Waals surface area contributed by atoms with Crippen LogP contribution in [0.2, 0.25) is 0 Å². The summed E-state index contributed by atoms with van der Waals surface area (Å²) >= 11 is 0. The number of carbonyl (C=O) groups is 1. The minimum Gasteiger partial charge on any atom is -0.469 e. The summed E-state index contributed by atoms with van der Waals surface area (Å²) in [6, 6.07) is 0. The third-order valence-electron chi connectivity index (χ3n) is 2.89. The fourth-order valence-electron chi connectivity index (χ4n) is 2.04. The van der Waals surface area contributed by atoms with Gasteiger partial charge in [0.25, 0.3) is 0 Å². The Balaban J connectivity index is 2.74. The number of methoxy groups -OCH3 is 3. The van der Waals surface area contributed by atoms with E-state index in [9.17, 15) is 4.79 Å². The molecule has 13 heavy (non-hydrogen) atoms. The molecule has 0 aromatic carbocycles. The molecular weight excluding hydrogens is 172 g/mol. The van der Waals surface area contributed by atoms with Crippen LogP contribution in [-0.2, 0) is 19.0 Å². The molecule has 0 radical (unpaired) electrons. The molecule has 0 unspecified atom stereocenters. The molecule has 1 saturated carbocycles. The van der Waals surface area contributed by atoms with Crippen molar-refractivity contribution in [3.05, 3.63) is 0 Å². The molecule has 0 saturated heterocycles. The van der Waals surface area contributed by atoms with Crippen LogP contribution in [0.3, 0.4) is 0 Å². The number of carbonyl (C=O) groups excluding carboxylic acids is 1. The Labute approximate surface area is 78.2 Å². The van der Waals surface area contributed by atoms with E-state index in [1.807, 2.05) is 6.92 Å². The molecule has 4 nitrogen and oxygen atoms in total. The molecule has 0 aromatic rings. The molecule has 0 aromatic heterocycles. The Morgan fingerprint density at radius 1 is 1.31 bits per heavy atom. The maximum Gasteiger partial charge on any atom is 0.314 e. The number of hydrogen-bond donors (Lipinski definition) is 0. The van der Waals surface area contributed by atoms with E-state index in [4.69, 9.17) is 9.47 Å². The van der Waals surface area contributed by atoms with Crippen molar-refractivity contribution < 1.29 is 19.0 Å². The average molecular weight is 188 g/mol. The van der Waals surface area contributed by atoms with Gasteiger partial charge in [0, 0.05) is 20.1 Å². The highest BCUT2D eigenvalue weighted by molar-refractivity contribution is 5.75. The van der Waals surface area contributed by atoms with Gasteiger partial charge in [-0.15, -0.1) is 0 Å². The lowest BCUT2D eigenvalue weighted by Gasteiger charge is -2.50. The second kappa shape index (κ2) is 3.64. The van der Waals surface area contributed by atoms with Crippen molar-refractivity contribution in [2.24, 2.45) is 11.8 Å². The van der Waals surface area contributed by atoms with Crippen LogP contribution in [0.1, 0.15) is 13.3 Å². The van der Waals surface area contributed by atoms with Crippen molar-refractivity contribution in [1.82, 2.24) is 0 Å². The van der Waals surface area contributed by atoms with Gasteiger partial charge >= 0.3 is 5.97 Å². The summed E-state index contributed by atoms with van der Waals surface area (Å²) in [6.45, 7) is 1.99. The van der Waals surface area contributed by atoms with Gasteiger partial charge in [-0.05, 0) is 6.42 Å². The Hall–Kier alpha value is -0.610. The molecule has 1 aliphatic carbocycles. The van der Waals surface area contributed by atoms with Crippen LogP contribution in [0.5, 0.6) is 0 Å². The van der Waals surface area contributed by atoms with Crippen LogP contribution in [0.4, 0.5) is 0 Å². The second-order valence-corrected chi connectivity index (χ2v) is 3.34. The predicted octanol–water partition coefficient (Wildman–Crippen LogP) is 0.804. The summed E-state index contributed by atoms with van der Waals surface area (Å²) in [4.78, 5) is 11.3. The van der Waals surface area contributed by atoms with Crippen LogP contribution in [0, 0.1) is 11.8 Å². The van der Waals surface area contributed by atoms with E-state index in [0.717, 1.165) is 6.42 Å². The van der Waals surface area contributed by atoms with Crippen molar-refractivity contribution in [1.29, 1.82) is 0 Å². The number of esters is 1. The highest BCUT2D eigenvalue weighted by Gasteiger charge is 2.58. The molecule has 2 atom stereocenters. The fourth-order valence-corrected chi connectivity index (χ4v) is 2.04. The first-order valence-electron chi connectivity index (χ1n) is 4.30. The standard InChI is InChI=1S/C9H16O4/c1-6-5-7(8(10)11-2)9(6,12-3)13-4/h6-7H,5H2,1-4H3/t6-,7-/m0/s1. The Bertz CT molecular complexity index is 198. The Morgan fingerprint density at radius 2 is 1.85 bits per heavy atom. The van der Waals surface area contributed by atoms with Crippen molar-refractivity contribution in [2.75, 3.05) is 21.3 Å². The summed E-state index contributed by atoms with van der Waals surface area (Å²) in [5.74, 6) is -1.09. The van der Waals surface area contributed by atoms with Crippen LogP contribution >= 0.6 is 0 Å². The van der Waals surface area contributed by atoms with Crippen molar-refractivity contribution in [3.63, 3.8) is 0 Å². The lowest BCUT2D eigenvalue weighted by Crippen LogP contribution is -2.60. The fraction of sp³-hybridized carbons (Fsp3) is 0.889. The molecule has 1 fully saturated rings. The van der Waals surface area contributed by atoms with Gasteiger partial charge in [0.05, 0.1) is 7.11 Å². The highest BCUT2D eigenvalue weighted by Crippen LogP contribution is 2.47. The minimum atomic E-state index is -0.771. The van der Waals surface area contributed by atoms with Crippen LogP contribution in [-0.4, -0.2) is 33.1 Å². The lowest BCUT2D eigenvalue weighted by atomic mass is 9.69. The summed E-state index contributed by atoms with van der Waals surface area (Å²) in [5, 5.41) is 0. The first-order chi connectivity index (χ1) is 6.12. The maximum atomic E-state index is 11.3. The van der Waals surface area contributed by atoms with E-state index in [-0.39, 0.29) is 17.8 Å². The zero-order valence-electron chi connectivity index (χ0n) is 8.49. The summed E-state index contributed by atoms with van der Waals surface area (Å²) < 4.78 is 15.2. The van der Waals surface area contributed by atoms with E-state index >= 15 is 0 Å². The van der Waals surface area contributed by atoms with Crippen LogP contribution in [0.15, 0.2) is 0 Å². The molecule has 0 aliphatic heterocycles. The molecule has 1 rings (SSSR count). The molecule has 1 aliphatic rings. The van der Waals surface area contributed by atoms with E-state index < -0.39 is 5.79 Å². The first kappa shape index (κ1) is 10.5. The van der Waals surface area contributed by atoms with Gasteiger partial charge in [0.2, 0.25) is 0 Å². The average Bonchev–Trinajstić information content (AvgIpc) is 2.15. The van der Waals surface area contributed by atoms with Crippen LogP contribution < -0.4 is 0 Å². The highest BCUT2D eigenvalue weighted by atomic mass is 16.7. The number of ether oxygens (including phenoxy) is 3. The third-order valence-corrected chi connectivity index (χ3v) is 2.89. The summed E-state index contributed by atoms with van der Waals surface area (Å²) in [6.07, 6.45) is 0.758. The van der Waals surface area contributed by atoms with E-state index in [1.54, 1.807) is 14.2 Å². The monoisotopic (exact) mass is 188 g/mol. The largest absolute Gasteiger partial charge is 0.469 e. The van der Waals surface area contributed by atoms with Gasteiger partial charge in [-0.1, -0.05) is 6.92 Å². The van der Waals surface area contributed by atoms with Gasteiger partial charge < -0.3 is 14.2 Å². The molecule has 4 heteroatoms. The lowest BCUT2D eigenvalue weighted by molar-refractivity contribution is -0.315. The molecular formula is C9H16O4. The van der Waals surface area contributed by atoms with Crippen molar-refractivity contribution in [2.45, 2.75) is 19.1 Å². The molecule has 0 heterocycles. The van der Waals surface area contributed by atoms with Gasteiger partial charge in [-0.2, -0.15) is 0 Å². The maximum absolute atomic E-state index is 11.3. The van der Waals surface area contributed by atoms with Crippen molar-refractivity contribution >= 4 is 5.97 Å². The number of hydrogen-bond acceptors (Lipinski definition) is 4. The van der Waals surface area contributed by atoms with Crippen molar-refractivity contribution in [3.8, 4) is 0 Å². The third kappa shape index (κ3) is 1.34. The van der Waals surface area contributed by atoms with E-state index in [2.05, 4.69) is 4.74 Å². The molecule has 76 valence electrons. The molecule has 0 amide bonds.